The van der Waals surface area contributed by atoms with Gasteiger partial charge in [0.2, 0.25) is 15.9 Å². The van der Waals surface area contributed by atoms with E-state index in [0.29, 0.717) is 10.4 Å². The Morgan fingerprint density at radius 2 is 1.76 bits per heavy atom. The zero-order chi connectivity index (χ0) is 21.8. The van der Waals surface area contributed by atoms with Crippen LogP contribution >= 0.6 is 0 Å². The van der Waals surface area contributed by atoms with E-state index in [4.69, 9.17) is 0 Å². The lowest BCUT2D eigenvalue weighted by Gasteiger charge is -2.24. The third kappa shape index (κ3) is 6.22. The molecule has 1 N–H and O–H groups in total. The second kappa shape index (κ2) is 8.86. The van der Waals surface area contributed by atoms with E-state index in [0.717, 1.165) is 35.9 Å². The lowest BCUT2D eigenvalue weighted by molar-refractivity contribution is -0.137. The Hall–Kier alpha value is -2.55. The van der Waals surface area contributed by atoms with E-state index in [1.807, 2.05) is 31.2 Å². The van der Waals surface area contributed by atoms with Gasteiger partial charge in [-0.25, -0.2) is 8.42 Å². The van der Waals surface area contributed by atoms with Crippen molar-refractivity contribution in [3.8, 4) is 0 Å². The number of rotatable bonds is 7. The van der Waals surface area contributed by atoms with Crippen molar-refractivity contribution in [3.05, 3.63) is 65.2 Å². The van der Waals surface area contributed by atoms with Crippen molar-refractivity contribution in [1.82, 2.24) is 5.32 Å². The second-order valence-corrected chi connectivity index (χ2v) is 8.61. The van der Waals surface area contributed by atoms with Crippen LogP contribution in [0.3, 0.4) is 0 Å². The number of aryl methyl sites for hydroxylation is 1. The molecule has 2 rings (SSSR count). The lowest BCUT2D eigenvalue weighted by Crippen LogP contribution is -2.41. The highest BCUT2D eigenvalue weighted by atomic mass is 32.2. The maximum atomic E-state index is 13.0. The van der Waals surface area contributed by atoms with E-state index in [-0.39, 0.29) is 5.69 Å². The van der Waals surface area contributed by atoms with Crippen molar-refractivity contribution < 1.29 is 26.4 Å². The van der Waals surface area contributed by atoms with E-state index in [2.05, 4.69) is 5.32 Å². The molecule has 158 valence electrons. The fourth-order valence-corrected chi connectivity index (χ4v) is 3.63. The van der Waals surface area contributed by atoms with E-state index in [9.17, 15) is 26.4 Å². The Bertz CT molecular complexity index is 958. The van der Waals surface area contributed by atoms with Gasteiger partial charge in [-0.05, 0) is 42.7 Å². The SMILES string of the molecule is CCc1ccc([C@H](C)NC(=O)CN(c2cccc(C(F)(F)F)c2)S(C)(=O)=O)cc1. The number of halogens is 3. The zero-order valence-electron chi connectivity index (χ0n) is 16.3. The molecule has 0 spiro atoms. The Morgan fingerprint density at radius 3 is 2.28 bits per heavy atom. The van der Waals surface area contributed by atoms with Crippen molar-refractivity contribution in [2.75, 3.05) is 17.1 Å². The minimum absolute atomic E-state index is 0.225. The van der Waals surface area contributed by atoms with Crippen LogP contribution in [-0.4, -0.2) is 27.1 Å². The quantitative estimate of drug-likeness (QED) is 0.727. The molecule has 0 aliphatic heterocycles. The van der Waals surface area contributed by atoms with Crippen molar-refractivity contribution in [2.24, 2.45) is 0 Å². The number of nitrogens with zero attached hydrogens (tertiary/aromatic N) is 1. The molecule has 1 amide bonds. The van der Waals surface area contributed by atoms with Gasteiger partial charge in [-0.1, -0.05) is 37.3 Å². The second-order valence-electron chi connectivity index (χ2n) is 6.70. The number of carbonyl (C=O) groups excluding carboxylic acids is 1. The number of carbonyl (C=O) groups is 1. The molecule has 0 bridgehead atoms. The maximum absolute atomic E-state index is 13.0. The highest BCUT2D eigenvalue weighted by molar-refractivity contribution is 7.92. The highest BCUT2D eigenvalue weighted by Gasteiger charge is 2.32. The van der Waals surface area contributed by atoms with Gasteiger partial charge in [-0.2, -0.15) is 13.2 Å². The number of anilines is 1. The summed E-state index contributed by atoms with van der Waals surface area (Å²) in [6, 6.07) is 11.1. The number of hydrogen-bond acceptors (Lipinski definition) is 3. The average Bonchev–Trinajstić information content (AvgIpc) is 2.64. The van der Waals surface area contributed by atoms with Crippen LogP contribution in [0.5, 0.6) is 0 Å². The Morgan fingerprint density at radius 1 is 1.14 bits per heavy atom. The molecule has 2 aromatic carbocycles. The minimum Gasteiger partial charge on any atom is -0.348 e. The normalized spacial score (nSPS) is 13.0. The molecule has 0 aliphatic carbocycles. The smallest absolute Gasteiger partial charge is 0.348 e. The molecule has 9 heteroatoms. The molecule has 0 aromatic heterocycles. The van der Waals surface area contributed by atoms with Gasteiger partial charge in [0.05, 0.1) is 23.5 Å². The van der Waals surface area contributed by atoms with Gasteiger partial charge >= 0.3 is 6.18 Å². The third-order valence-electron chi connectivity index (χ3n) is 4.41. The van der Waals surface area contributed by atoms with Crippen LogP contribution in [0.15, 0.2) is 48.5 Å². The van der Waals surface area contributed by atoms with E-state index in [1.165, 1.54) is 6.07 Å². The topological polar surface area (TPSA) is 66.5 Å². The number of alkyl halides is 3. The van der Waals surface area contributed by atoms with Crippen LogP contribution in [0, 0.1) is 0 Å². The number of amides is 1. The molecule has 5 nitrogen and oxygen atoms in total. The molecule has 2 aromatic rings. The summed E-state index contributed by atoms with van der Waals surface area (Å²) >= 11 is 0. The molecule has 1 atom stereocenters. The van der Waals surface area contributed by atoms with Gasteiger partial charge in [0.1, 0.15) is 6.54 Å². The van der Waals surface area contributed by atoms with E-state index in [1.54, 1.807) is 6.92 Å². The summed E-state index contributed by atoms with van der Waals surface area (Å²) in [7, 11) is -3.98. The van der Waals surface area contributed by atoms with Gasteiger partial charge in [-0.15, -0.1) is 0 Å². The summed E-state index contributed by atoms with van der Waals surface area (Å²) < 4.78 is 63.8. The molecule has 0 saturated heterocycles. The summed E-state index contributed by atoms with van der Waals surface area (Å²) in [5.41, 5.74) is 0.756. The van der Waals surface area contributed by atoms with Crippen molar-refractivity contribution in [2.45, 2.75) is 32.5 Å². The van der Waals surface area contributed by atoms with Crippen molar-refractivity contribution in [3.63, 3.8) is 0 Å². The summed E-state index contributed by atoms with van der Waals surface area (Å²) in [5, 5.41) is 2.68. The molecule has 0 unspecified atom stereocenters. The predicted molar refractivity (Wildman–Crippen MR) is 106 cm³/mol. The van der Waals surface area contributed by atoms with E-state index < -0.39 is 40.3 Å². The lowest BCUT2D eigenvalue weighted by atomic mass is 10.1. The standard InChI is InChI=1S/C20H23F3N2O3S/c1-4-15-8-10-16(11-9-15)14(2)24-19(26)13-25(29(3,27)28)18-7-5-6-17(12-18)20(21,22)23/h5-12,14H,4,13H2,1-3H3,(H,24,26)/t14-/m0/s1. The first-order chi connectivity index (χ1) is 13.4. The Labute approximate surface area is 168 Å². The fraction of sp³-hybridized carbons (Fsp3) is 0.350. The first kappa shape index (κ1) is 22.7. The average molecular weight is 428 g/mol. The number of nitrogens with one attached hydrogen (secondary N) is 1. The van der Waals surface area contributed by atoms with Crippen LogP contribution in [0.4, 0.5) is 18.9 Å². The van der Waals surface area contributed by atoms with Gasteiger partial charge < -0.3 is 5.32 Å². The first-order valence-electron chi connectivity index (χ1n) is 8.95. The minimum atomic E-state index is -4.62. The van der Waals surface area contributed by atoms with Gasteiger partial charge in [0.25, 0.3) is 0 Å². The molecular weight excluding hydrogens is 405 g/mol. The highest BCUT2D eigenvalue weighted by Crippen LogP contribution is 2.32. The Kier molecular flexibility index (Phi) is 6.94. The van der Waals surface area contributed by atoms with Crippen LogP contribution in [0.25, 0.3) is 0 Å². The maximum Gasteiger partial charge on any atom is 0.416 e. The van der Waals surface area contributed by atoms with Gasteiger partial charge in [0, 0.05) is 0 Å². The largest absolute Gasteiger partial charge is 0.416 e. The summed E-state index contributed by atoms with van der Waals surface area (Å²) in [6.07, 6.45) is -2.91. The molecule has 29 heavy (non-hydrogen) atoms. The van der Waals surface area contributed by atoms with Crippen LogP contribution in [0.1, 0.15) is 36.6 Å². The monoisotopic (exact) mass is 428 g/mol. The van der Waals surface area contributed by atoms with Gasteiger partial charge in [-0.3, -0.25) is 9.10 Å². The van der Waals surface area contributed by atoms with Crippen LogP contribution < -0.4 is 9.62 Å². The molecule has 0 aliphatic rings. The molecule has 0 heterocycles. The zero-order valence-corrected chi connectivity index (χ0v) is 17.1. The summed E-state index contributed by atoms with van der Waals surface area (Å²) in [6.45, 7) is 3.14. The molecular formula is C20H23F3N2O3S. The first-order valence-corrected chi connectivity index (χ1v) is 10.8. The molecule has 0 saturated carbocycles. The van der Waals surface area contributed by atoms with E-state index >= 15 is 0 Å². The molecule has 0 radical (unpaired) electrons. The number of hydrogen-bond donors (Lipinski definition) is 1. The number of benzene rings is 2. The van der Waals surface area contributed by atoms with Gasteiger partial charge in [0.15, 0.2) is 0 Å². The number of sulfonamides is 1. The summed E-state index contributed by atoms with van der Waals surface area (Å²) in [5.74, 6) is -0.625. The predicted octanol–water partition coefficient (Wildman–Crippen LogP) is 3.91. The summed E-state index contributed by atoms with van der Waals surface area (Å²) in [4.78, 5) is 12.4. The van der Waals surface area contributed by atoms with Crippen molar-refractivity contribution in [1.29, 1.82) is 0 Å². The molecule has 0 fully saturated rings. The third-order valence-corrected chi connectivity index (χ3v) is 5.56. The van der Waals surface area contributed by atoms with Crippen molar-refractivity contribution >= 4 is 21.6 Å². The van der Waals surface area contributed by atoms with Crippen LogP contribution in [-0.2, 0) is 27.4 Å². The fourth-order valence-electron chi connectivity index (χ4n) is 2.78. The Balaban J connectivity index is 2.19. The van der Waals surface area contributed by atoms with Crippen LogP contribution in [0.2, 0.25) is 0 Å².